The van der Waals surface area contributed by atoms with Crippen LogP contribution in [0.3, 0.4) is 0 Å². The third-order valence-electron chi connectivity index (χ3n) is 4.25. The van der Waals surface area contributed by atoms with Crippen molar-refractivity contribution in [3.8, 4) is 17.2 Å². The zero-order valence-corrected chi connectivity index (χ0v) is 17.3. The molecule has 5 nitrogen and oxygen atoms in total. The second kappa shape index (κ2) is 8.88. The van der Waals surface area contributed by atoms with Gasteiger partial charge in [-0.1, -0.05) is 43.0 Å². The van der Waals surface area contributed by atoms with E-state index in [1.165, 1.54) is 4.68 Å². The van der Waals surface area contributed by atoms with Crippen molar-refractivity contribution in [1.82, 2.24) is 9.78 Å². The van der Waals surface area contributed by atoms with E-state index in [9.17, 15) is 4.79 Å². The van der Waals surface area contributed by atoms with Crippen molar-refractivity contribution in [2.75, 3.05) is 13.2 Å². The van der Waals surface area contributed by atoms with Crippen molar-refractivity contribution in [2.45, 2.75) is 13.8 Å². The van der Waals surface area contributed by atoms with Gasteiger partial charge in [0.2, 0.25) is 0 Å². The van der Waals surface area contributed by atoms with Crippen molar-refractivity contribution in [3.63, 3.8) is 0 Å². The van der Waals surface area contributed by atoms with E-state index < -0.39 is 0 Å². The molecule has 3 rings (SSSR count). The van der Waals surface area contributed by atoms with Gasteiger partial charge in [0.1, 0.15) is 6.61 Å². The number of halogens is 1. The molecule has 6 heteroatoms. The molecule has 150 valence electrons. The largest absolute Gasteiger partial charge is 0.490 e. The summed E-state index contributed by atoms with van der Waals surface area (Å²) in [5.41, 5.74) is 2.33. The molecular formula is C23H23ClN2O3. The number of H-pyrrole nitrogens is 1. The maximum Gasteiger partial charge on any atom is 0.279 e. The molecule has 0 spiro atoms. The van der Waals surface area contributed by atoms with Gasteiger partial charge in [-0.25, -0.2) is 4.68 Å². The van der Waals surface area contributed by atoms with Gasteiger partial charge in [-0.15, -0.1) is 0 Å². The summed E-state index contributed by atoms with van der Waals surface area (Å²) in [6.07, 6.45) is 3.37. The monoisotopic (exact) mass is 410 g/mol. The summed E-state index contributed by atoms with van der Waals surface area (Å²) >= 11 is 6.40. The average Bonchev–Trinajstić information content (AvgIpc) is 2.96. The second-order valence-corrected chi connectivity index (χ2v) is 6.90. The molecule has 2 aromatic carbocycles. The molecule has 0 saturated carbocycles. The average molecular weight is 411 g/mol. The molecule has 29 heavy (non-hydrogen) atoms. The number of aromatic nitrogens is 2. The van der Waals surface area contributed by atoms with Crippen LogP contribution < -0.4 is 25.6 Å². The van der Waals surface area contributed by atoms with Crippen LogP contribution in [0.2, 0.25) is 5.02 Å². The lowest BCUT2D eigenvalue weighted by Gasteiger charge is -2.13. The number of nitrogens with zero attached hydrogens (tertiary/aromatic N) is 1. The van der Waals surface area contributed by atoms with Crippen molar-refractivity contribution in [2.24, 2.45) is 0 Å². The summed E-state index contributed by atoms with van der Waals surface area (Å²) in [6.45, 7) is 12.2. The fourth-order valence-corrected chi connectivity index (χ4v) is 3.25. The zero-order chi connectivity index (χ0) is 21.0. The molecule has 0 aliphatic rings. The molecule has 0 unspecified atom stereocenters. The third-order valence-corrected chi connectivity index (χ3v) is 4.53. The van der Waals surface area contributed by atoms with Crippen LogP contribution in [-0.2, 0) is 0 Å². The van der Waals surface area contributed by atoms with E-state index in [-0.39, 0.29) is 5.56 Å². The van der Waals surface area contributed by atoms with Crippen LogP contribution in [0.15, 0.2) is 53.8 Å². The number of aryl methyl sites for hydroxylation is 1. The lowest BCUT2D eigenvalue weighted by atomic mass is 10.1. The molecule has 0 radical (unpaired) electrons. The Balaban J connectivity index is 2.12. The minimum Gasteiger partial charge on any atom is -0.490 e. The first-order valence-electron chi connectivity index (χ1n) is 9.23. The number of aromatic amines is 1. The summed E-state index contributed by atoms with van der Waals surface area (Å²) in [6, 6.07) is 11.2. The van der Waals surface area contributed by atoms with Gasteiger partial charge >= 0.3 is 0 Å². The Kier molecular flexibility index (Phi) is 6.29. The number of benzene rings is 2. The Bertz CT molecular complexity index is 1210. The summed E-state index contributed by atoms with van der Waals surface area (Å²) in [7, 11) is 0. The van der Waals surface area contributed by atoms with Gasteiger partial charge in [0.25, 0.3) is 5.56 Å². The minimum absolute atomic E-state index is 0.193. The van der Waals surface area contributed by atoms with Gasteiger partial charge < -0.3 is 9.47 Å². The molecule has 0 saturated heterocycles. The number of hydrogen-bond donors (Lipinski definition) is 1. The van der Waals surface area contributed by atoms with E-state index in [0.717, 1.165) is 11.3 Å². The Morgan fingerprint density at radius 1 is 1.24 bits per heavy atom. The highest BCUT2D eigenvalue weighted by atomic mass is 35.5. The van der Waals surface area contributed by atoms with Crippen LogP contribution in [0, 0.1) is 6.92 Å². The van der Waals surface area contributed by atoms with Crippen LogP contribution in [0.4, 0.5) is 0 Å². The van der Waals surface area contributed by atoms with Crippen LogP contribution >= 0.6 is 11.6 Å². The molecule has 0 aliphatic carbocycles. The predicted octanol–water partition coefficient (Wildman–Crippen LogP) is 3.33. The summed E-state index contributed by atoms with van der Waals surface area (Å²) < 4.78 is 12.8. The molecule has 1 N–H and O–H groups in total. The van der Waals surface area contributed by atoms with Crippen molar-refractivity contribution in [3.05, 3.63) is 86.1 Å². The molecule has 0 atom stereocenters. The molecule has 3 aromatic rings. The van der Waals surface area contributed by atoms with Crippen LogP contribution in [0.1, 0.15) is 18.1 Å². The van der Waals surface area contributed by atoms with Gasteiger partial charge in [-0.2, -0.15) is 0 Å². The highest BCUT2D eigenvalue weighted by molar-refractivity contribution is 6.32. The lowest BCUT2D eigenvalue weighted by Crippen LogP contribution is -2.33. The quantitative estimate of drug-likeness (QED) is 0.608. The van der Waals surface area contributed by atoms with E-state index in [1.54, 1.807) is 24.3 Å². The van der Waals surface area contributed by atoms with Crippen LogP contribution in [0.25, 0.3) is 18.3 Å². The van der Waals surface area contributed by atoms with Gasteiger partial charge in [0, 0.05) is 0 Å². The third kappa shape index (κ3) is 4.46. The Morgan fingerprint density at radius 3 is 2.72 bits per heavy atom. The maximum absolute atomic E-state index is 13.0. The van der Waals surface area contributed by atoms with Crippen molar-refractivity contribution >= 4 is 24.3 Å². The van der Waals surface area contributed by atoms with Gasteiger partial charge in [0.15, 0.2) is 11.5 Å². The molecule has 0 amide bonds. The first-order valence-corrected chi connectivity index (χ1v) is 9.61. The molecule has 0 bridgehead atoms. The van der Waals surface area contributed by atoms with Gasteiger partial charge in [-0.05, 0) is 55.3 Å². The SMILES string of the molecule is C=CCOc1c(Cl)cc(/C=c2/c(=C)[nH]n(-c3cccc(C)c3)c2=O)cc1OCC. The molecule has 1 heterocycles. The first kappa shape index (κ1) is 20.6. The van der Waals surface area contributed by atoms with Gasteiger partial charge in [0.05, 0.1) is 27.9 Å². The normalized spacial score (nSPS) is 11.5. The van der Waals surface area contributed by atoms with E-state index in [4.69, 9.17) is 21.1 Å². The van der Waals surface area contributed by atoms with E-state index in [0.29, 0.717) is 45.9 Å². The fourth-order valence-electron chi connectivity index (χ4n) is 2.98. The fraction of sp³-hybridized carbons (Fsp3) is 0.174. The number of hydrogen-bond acceptors (Lipinski definition) is 3. The second-order valence-electron chi connectivity index (χ2n) is 6.49. The Hall–Kier alpha value is -3.18. The topological polar surface area (TPSA) is 56.2 Å². The van der Waals surface area contributed by atoms with E-state index >= 15 is 0 Å². The number of nitrogens with one attached hydrogen (secondary N) is 1. The molecule has 0 aliphatic heterocycles. The Morgan fingerprint density at radius 2 is 2.03 bits per heavy atom. The standard InChI is InChI=1S/C23H23ClN2O3/c1-5-10-29-22-20(24)13-17(14-21(22)28-6-2)12-19-16(4)25-26(23(19)27)18-9-7-8-15(3)11-18/h5,7-9,11-14,25H,1,4,6,10H2,2-3H3/b19-12-. The summed E-state index contributed by atoms with van der Waals surface area (Å²) in [5.74, 6) is 0.958. The molecule has 0 fully saturated rings. The van der Waals surface area contributed by atoms with Crippen molar-refractivity contribution < 1.29 is 9.47 Å². The van der Waals surface area contributed by atoms with Crippen LogP contribution in [0.5, 0.6) is 11.5 Å². The Labute approximate surface area is 174 Å². The highest BCUT2D eigenvalue weighted by Crippen LogP contribution is 2.36. The van der Waals surface area contributed by atoms with E-state index in [2.05, 4.69) is 18.3 Å². The van der Waals surface area contributed by atoms with Crippen LogP contribution in [-0.4, -0.2) is 23.0 Å². The highest BCUT2D eigenvalue weighted by Gasteiger charge is 2.12. The number of rotatable bonds is 7. The number of ether oxygens (including phenoxy) is 2. The first-order chi connectivity index (χ1) is 13.9. The van der Waals surface area contributed by atoms with Crippen molar-refractivity contribution in [1.29, 1.82) is 0 Å². The molecule has 1 aromatic heterocycles. The maximum atomic E-state index is 13.0. The summed E-state index contributed by atoms with van der Waals surface area (Å²) in [4.78, 5) is 13.0. The molecular weight excluding hydrogens is 388 g/mol. The lowest BCUT2D eigenvalue weighted by molar-refractivity contribution is 0.297. The predicted molar refractivity (Wildman–Crippen MR) is 118 cm³/mol. The minimum atomic E-state index is -0.193. The summed E-state index contributed by atoms with van der Waals surface area (Å²) in [5, 5.41) is 4.39. The zero-order valence-electron chi connectivity index (χ0n) is 16.5. The van der Waals surface area contributed by atoms with E-state index in [1.807, 2.05) is 38.1 Å². The smallest absolute Gasteiger partial charge is 0.279 e. The van der Waals surface area contributed by atoms with Gasteiger partial charge in [-0.3, -0.25) is 9.89 Å².